The molecule has 4 rings (SSSR count). The van der Waals surface area contributed by atoms with Crippen molar-refractivity contribution < 1.29 is 14.4 Å². The van der Waals surface area contributed by atoms with E-state index < -0.39 is 0 Å². The average Bonchev–Trinajstić information content (AvgIpc) is 2.77. The lowest BCUT2D eigenvalue weighted by Crippen LogP contribution is -2.41. The maximum Gasteiger partial charge on any atom is 0.230 e. The number of rotatable bonds is 5. The molecule has 0 radical (unpaired) electrons. The molecule has 162 valence electrons. The molecule has 3 aliphatic heterocycles. The third kappa shape index (κ3) is 5.28. The van der Waals surface area contributed by atoms with Crippen LogP contribution in [-0.4, -0.2) is 48.8 Å². The second kappa shape index (κ2) is 9.73. The molecule has 30 heavy (non-hydrogen) atoms. The molecule has 3 amide bonds. The Labute approximate surface area is 178 Å². The second-order valence-electron chi connectivity index (χ2n) is 9.15. The van der Waals surface area contributed by atoms with Crippen molar-refractivity contribution in [3.05, 3.63) is 35.4 Å². The molecular formula is C24H33N3O3. The molecule has 3 saturated heterocycles. The summed E-state index contributed by atoms with van der Waals surface area (Å²) in [7, 11) is 0. The molecule has 0 aromatic heterocycles. The Balaban J connectivity index is 1.25. The third-order valence-corrected chi connectivity index (χ3v) is 7.06. The van der Waals surface area contributed by atoms with Gasteiger partial charge < -0.3 is 10.2 Å². The number of piperidine rings is 3. The molecule has 0 spiro atoms. The van der Waals surface area contributed by atoms with Crippen LogP contribution >= 0.6 is 0 Å². The van der Waals surface area contributed by atoms with Crippen molar-refractivity contribution in [2.24, 2.45) is 11.8 Å². The van der Waals surface area contributed by atoms with Gasteiger partial charge in [-0.15, -0.1) is 0 Å². The van der Waals surface area contributed by atoms with Crippen molar-refractivity contribution >= 4 is 17.7 Å². The number of hydrogen-bond acceptors (Lipinski definition) is 4. The van der Waals surface area contributed by atoms with Gasteiger partial charge in [0.25, 0.3) is 0 Å². The topological polar surface area (TPSA) is 78.5 Å². The zero-order valence-corrected chi connectivity index (χ0v) is 17.7. The summed E-state index contributed by atoms with van der Waals surface area (Å²) in [4.78, 5) is 38.0. The third-order valence-electron chi connectivity index (χ3n) is 7.06. The minimum absolute atomic E-state index is 0.109. The molecule has 1 aromatic carbocycles. The van der Waals surface area contributed by atoms with Gasteiger partial charge in [0.05, 0.1) is 0 Å². The van der Waals surface area contributed by atoms with Gasteiger partial charge in [-0.3, -0.25) is 19.7 Å². The summed E-state index contributed by atoms with van der Waals surface area (Å²) in [5, 5.41) is 5.80. The van der Waals surface area contributed by atoms with Crippen LogP contribution in [0.4, 0.5) is 0 Å². The summed E-state index contributed by atoms with van der Waals surface area (Å²) in [6, 6.07) is 8.60. The lowest BCUT2D eigenvalue weighted by atomic mass is 9.86. The van der Waals surface area contributed by atoms with E-state index in [1.165, 1.54) is 5.56 Å². The maximum absolute atomic E-state index is 12.6. The summed E-state index contributed by atoms with van der Waals surface area (Å²) in [6.07, 6.45) is 6.74. The average molecular weight is 412 g/mol. The first kappa shape index (κ1) is 21.0. The van der Waals surface area contributed by atoms with E-state index in [0.717, 1.165) is 57.4 Å². The molecule has 0 aliphatic carbocycles. The van der Waals surface area contributed by atoms with E-state index in [-0.39, 0.29) is 17.7 Å². The maximum atomic E-state index is 12.6. The number of likely N-dealkylation sites (tertiary alicyclic amines) is 1. The van der Waals surface area contributed by atoms with Gasteiger partial charge in [0.2, 0.25) is 17.7 Å². The zero-order valence-electron chi connectivity index (χ0n) is 17.7. The standard InChI is InChI=1S/C24H33N3O3/c28-22-6-5-21(24(30)26-22)15-17-1-3-19(4-2-17)20-9-13-27(14-10-20)23(29)16-18-7-11-25-12-8-18/h1-4,18,20-21,25H,5-16H2,(H,26,28,30). The van der Waals surface area contributed by atoms with Crippen molar-refractivity contribution in [1.82, 2.24) is 15.5 Å². The van der Waals surface area contributed by atoms with Crippen LogP contribution in [0.5, 0.6) is 0 Å². The molecule has 3 fully saturated rings. The van der Waals surface area contributed by atoms with Crippen LogP contribution in [0.2, 0.25) is 0 Å². The lowest BCUT2D eigenvalue weighted by molar-refractivity contribution is -0.136. The van der Waals surface area contributed by atoms with Crippen molar-refractivity contribution in [3.63, 3.8) is 0 Å². The Morgan fingerprint density at radius 2 is 1.67 bits per heavy atom. The largest absolute Gasteiger partial charge is 0.343 e. The molecule has 1 atom stereocenters. The number of carbonyl (C=O) groups excluding carboxylic acids is 3. The Morgan fingerprint density at radius 3 is 2.33 bits per heavy atom. The van der Waals surface area contributed by atoms with Gasteiger partial charge >= 0.3 is 0 Å². The van der Waals surface area contributed by atoms with E-state index in [4.69, 9.17) is 0 Å². The Bertz CT molecular complexity index is 762. The van der Waals surface area contributed by atoms with Crippen molar-refractivity contribution in [3.8, 4) is 0 Å². The fourth-order valence-corrected chi connectivity index (χ4v) is 5.07. The van der Waals surface area contributed by atoms with Crippen LogP contribution in [0.15, 0.2) is 24.3 Å². The quantitative estimate of drug-likeness (QED) is 0.730. The molecule has 2 N–H and O–H groups in total. The zero-order chi connectivity index (χ0) is 20.9. The van der Waals surface area contributed by atoms with E-state index in [1.54, 1.807) is 0 Å². The number of amides is 3. The van der Waals surface area contributed by atoms with E-state index in [9.17, 15) is 14.4 Å². The number of nitrogens with zero attached hydrogens (tertiary/aromatic N) is 1. The van der Waals surface area contributed by atoms with Crippen LogP contribution in [0.3, 0.4) is 0 Å². The SMILES string of the molecule is O=C1CCC(Cc2ccc(C3CCN(C(=O)CC4CCNCC4)CC3)cc2)C(=O)N1. The van der Waals surface area contributed by atoms with Gasteiger partial charge in [-0.2, -0.15) is 0 Å². The first-order chi connectivity index (χ1) is 14.6. The Kier molecular flexibility index (Phi) is 6.82. The van der Waals surface area contributed by atoms with Gasteiger partial charge in [-0.05, 0) is 74.6 Å². The van der Waals surface area contributed by atoms with Crippen LogP contribution in [0, 0.1) is 11.8 Å². The first-order valence-electron chi connectivity index (χ1n) is 11.5. The highest BCUT2D eigenvalue weighted by atomic mass is 16.2. The number of benzene rings is 1. The number of imide groups is 1. The number of carbonyl (C=O) groups is 3. The van der Waals surface area contributed by atoms with Gasteiger partial charge in [0, 0.05) is 31.8 Å². The Morgan fingerprint density at radius 1 is 0.967 bits per heavy atom. The van der Waals surface area contributed by atoms with Crippen molar-refractivity contribution in [2.45, 2.75) is 57.3 Å². The second-order valence-corrected chi connectivity index (χ2v) is 9.15. The summed E-state index contributed by atoms with van der Waals surface area (Å²) in [5.74, 6) is 0.970. The first-order valence-corrected chi connectivity index (χ1v) is 11.5. The predicted molar refractivity (Wildman–Crippen MR) is 115 cm³/mol. The monoisotopic (exact) mass is 411 g/mol. The van der Waals surface area contributed by atoms with Gasteiger partial charge in [0.15, 0.2) is 0 Å². The minimum atomic E-state index is -0.160. The fourth-order valence-electron chi connectivity index (χ4n) is 5.07. The van der Waals surface area contributed by atoms with E-state index in [0.29, 0.717) is 43.4 Å². The molecule has 3 aliphatic rings. The van der Waals surface area contributed by atoms with Gasteiger partial charge in [-0.1, -0.05) is 24.3 Å². The fraction of sp³-hybridized carbons (Fsp3) is 0.625. The highest BCUT2D eigenvalue weighted by molar-refractivity contribution is 5.98. The summed E-state index contributed by atoms with van der Waals surface area (Å²) >= 11 is 0. The summed E-state index contributed by atoms with van der Waals surface area (Å²) < 4.78 is 0. The predicted octanol–water partition coefficient (Wildman–Crippen LogP) is 2.38. The van der Waals surface area contributed by atoms with Gasteiger partial charge in [-0.25, -0.2) is 0 Å². The molecule has 6 nitrogen and oxygen atoms in total. The smallest absolute Gasteiger partial charge is 0.230 e. The van der Waals surface area contributed by atoms with Crippen molar-refractivity contribution in [1.29, 1.82) is 0 Å². The summed E-state index contributed by atoms with van der Waals surface area (Å²) in [5.41, 5.74) is 2.47. The van der Waals surface area contributed by atoms with Crippen LogP contribution in [0.25, 0.3) is 0 Å². The lowest BCUT2D eigenvalue weighted by Gasteiger charge is -2.34. The van der Waals surface area contributed by atoms with Crippen LogP contribution in [-0.2, 0) is 20.8 Å². The molecule has 3 heterocycles. The summed E-state index contributed by atoms with van der Waals surface area (Å²) in [6.45, 7) is 3.79. The van der Waals surface area contributed by atoms with Crippen LogP contribution < -0.4 is 10.6 Å². The van der Waals surface area contributed by atoms with E-state index in [2.05, 4.69) is 39.8 Å². The highest BCUT2D eigenvalue weighted by Gasteiger charge is 2.28. The number of hydrogen-bond donors (Lipinski definition) is 2. The molecule has 0 saturated carbocycles. The van der Waals surface area contributed by atoms with E-state index in [1.807, 2.05) is 0 Å². The minimum Gasteiger partial charge on any atom is -0.343 e. The molecule has 6 heteroatoms. The highest BCUT2D eigenvalue weighted by Crippen LogP contribution is 2.30. The Hall–Kier alpha value is -2.21. The van der Waals surface area contributed by atoms with Crippen LogP contribution in [0.1, 0.15) is 62.0 Å². The molecular weight excluding hydrogens is 378 g/mol. The normalized spacial score (nSPS) is 24.0. The molecule has 1 aromatic rings. The van der Waals surface area contributed by atoms with Gasteiger partial charge in [0.1, 0.15) is 0 Å². The number of nitrogens with one attached hydrogen (secondary N) is 2. The van der Waals surface area contributed by atoms with E-state index >= 15 is 0 Å². The van der Waals surface area contributed by atoms with Crippen molar-refractivity contribution in [2.75, 3.05) is 26.2 Å². The molecule has 0 bridgehead atoms. The molecule has 1 unspecified atom stereocenters.